The lowest BCUT2D eigenvalue weighted by Gasteiger charge is -2.23. The van der Waals surface area contributed by atoms with Gasteiger partial charge in [-0.25, -0.2) is 8.42 Å². The molecule has 1 amide bonds. The van der Waals surface area contributed by atoms with E-state index in [0.29, 0.717) is 19.4 Å². The number of carbonyl (C=O) groups excluding carboxylic acids is 1. The van der Waals surface area contributed by atoms with Crippen LogP contribution in [0.3, 0.4) is 0 Å². The van der Waals surface area contributed by atoms with Crippen molar-refractivity contribution in [3.63, 3.8) is 0 Å². The van der Waals surface area contributed by atoms with Crippen LogP contribution >= 0.6 is 22.6 Å². The lowest BCUT2D eigenvalue weighted by Crippen LogP contribution is -2.32. The number of anilines is 1. The molecule has 0 aromatic heterocycles. The van der Waals surface area contributed by atoms with Crippen molar-refractivity contribution in [3.8, 4) is 0 Å². The van der Waals surface area contributed by atoms with Gasteiger partial charge in [0.15, 0.2) is 0 Å². The largest absolute Gasteiger partial charge is 0.312 e. The fourth-order valence-corrected chi connectivity index (χ4v) is 3.66. The van der Waals surface area contributed by atoms with Crippen LogP contribution in [-0.4, -0.2) is 32.9 Å². The third-order valence-corrected chi connectivity index (χ3v) is 5.07. The first-order valence-electron chi connectivity index (χ1n) is 6.63. The molecule has 0 fully saturated rings. The average molecular weight is 407 g/mol. The fourth-order valence-electron chi connectivity index (χ4n) is 2.45. The van der Waals surface area contributed by atoms with Gasteiger partial charge in [-0.3, -0.25) is 4.79 Å². The fraction of sp³-hybridized carbons (Fsp3) is 0.500. The number of aryl methyl sites for hydroxylation is 1. The third-order valence-electron chi connectivity index (χ3n) is 3.37. The molecule has 1 aliphatic rings. The Bertz CT molecular complexity index is 613. The van der Waals surface area contributed by atoms with Gasteiger partial charge in [0.2, 0.25) is 5.91 Å². The maximum absolute atomic E-state index is 12.2. The van der Waals surface area contributed by atoms with Crippen LogP contribution in [0.2, 0.25) is 0 Å². The zero-order chi connectivity index (χ0) is 14.8. The number of sulfone groups is 1. The predicted octanol–water partition coefficient (Wildman–Crippen LogP) is 2.40. The van der Waals surface area contributed by atoms with Gasteiger partial charge in [-0.2, -0.15) is 0 Å². The van der Waals surface area contributed by atoms with Gasteiger partial charge >= 0.3 is 0 Å². The summed E-state index contributed by atoms with van der Waals surface area (Å²) in [6.45, 7) is 0.472. The lowest BCUT2D eigenvalue weighted by molar-refractivity contribution is -0.118. The number of hydrogen-bond donors (Lipinski definition) is 0. The molecule has 2 rings (SSSR count). The molecule has 0 radical (unpaired) electrons. The molecular weight excluding hydrogens is 389 g/mol. The second kappa shape index (κ2) is 6.43. The first-order chi connectivity index (χ1) is 9.37. The minimum Gasteiger partial charge on any atom is -0.312 e. The maximum Gasteiger partial charge on any atom is 0.226 e. The first kappa shape index (κ1) is 15.8. The Kier molecular flexibility index (Phi) is 5.06. The molecule has 6 heteroatoms. The van der Waals surface area contributed by atoms with Gasteiger partial charge in [0.1, 0.15) is 9.84 Å². The molecular formula is C14H18INO3S. The summed E-state index contributed by atoms with van der Waals surface area (Å²) in [6.07, 6.45) is 4.00. The minimum absolute atomic E-state index is 0.0958. The van der Waals surface area contributed by atoms with Crippen LogP contribution in [0.1, 0.15) is 24.8 Å². The summed E-state index contributed by atoms with van der Waals surface area (Å²) >= 11 is 2.27. The normalized spacial score (nSPS) is 15.9. The predicted molar refractivity (Wildman–Crippen MR) is 88.8 cm³/mol. The number of carbonyl (C=O) groups is 1. The maximum atomic E-state index is 12.2. The van der Waals surface area contributed by atoms with Crippen molar-refractivity contribution in [3.05, 3.63) is 27.3 Å². The molecule has 1 aliphatic heterocycles. The SMILES string of the molecule is CS(=O)(=O)CCCN1C(=O)CCCc2cc(I)ccc21. The Labute approximate surface area is 133 Å². The Morgan fingerprint density at radius 2 is 2.05 bits per heavy atom. The van der Waals surface area contributed by atoms with Crippen LogP contribution in [0.15, 0.2) is 18.2 Å². The van der Waals surface area contributed by atoms with Gasteiger partial charge < -0.3 is 4.90 Å². The van der Waals surface area contributed by atoms with E-state index < -0.39 is 9.84 Å². The molecule has 0 aliphatic carbocycles. The van der Waals surface area contributed by atoms with Crippen LogP contribution in [0.5, 0.6) is 0 Å². The second-order valence-electron chi connectivity index (χ2n) is 5.16. The number of amides is 1. The van der Waals surface area contributed by atoms with Crippen molar-refractivity contribution in [2.75, 3.05) is 23.5 Å². The molecule has 0 bridgehead atoms. The first-order valence-corrected chi connectivity index (χ1v) is 9.77. The molecule has 1 aromatic rings. The summed E-state index contributed by atoms with van der Waals surface area (Å²) in [5.41, 5.74) is 2.13. The van der Waals surface area contributed by atoms with Crippen molar-refractivity contribution in [2.24, 2.45) is 0 Å². The van der Waals surface area contributed by atoms with E-state index in [0.717, 1.165) is 22.1 Å². The Hall–Kier alpha value is -0.630. The summed E-state index contributed by atoms with van der Waals surface area (Å²) in [6, 6.07) is 6.07. The molecule has 0 saturated heterocycles. The summed E-state index contributed by atoms with van der Waals surface area (Å²) in [7, 11) is -2.97. The molecule has 0 spiro atoms. The lowest BCUT2D eigenvalue weighted by atomic mass is 10.1. The topological polar surface area (TPSA) is 54.5 Å². The quantitative estimate of drug-likeness (QED) is 0.721. The summed E-state index contributed by atoms with van der Waals surface area (Å²) in [4.78, 5) is 13.9. The second-order valence-corrected chi connectivity index (χ2v) is 8.66. The molecule has 110 valence electrons. The summed E-state index contributed by atoms with van der Waals surface area (Å²) in [5.74, 6) is 0.217. The molecule has 0 atom stereocenters. The molecule has 1 heterocycles. The van der Waals surface area contributed by atoms with Crippen molar-refractivity contribution < 1.29 is 13.2 Å². The molecule has 0 N–H and O–H groups in total. The zero-order valence-corrected chi connectivity index (χ0v) is 14.4. The van der Waals surface area contributed by atoms with Gasteiger partial charge in [0, 0.05) is 28.5 Å². The van der Waals surface area contributed by atoms with E-state index in [2.05, 4.69) is 28.7 Å². The van der Waals surface area contributed by atoms with Crippen molar-refractivity contribution in [1.29, 1.82) is 0 Å². The monoisotopic (exact) mass is 407 g/mol. The van der Waals surface area contributed by atoms with E-state index in [-0.39, 0.29) is 11.7 Å². The van der Waals surface area contributed by atoms with Gasteiger partial charge in [-0.15, -0.1) is 0 Å². The van der Waals surface area contributed by atoms with E-state index in [9.17, 15) is 13.2 Å². The van der Waals surface area contributed by atoms with Crippen LogP contribution < -0.4 is 4.90 Å². The van der Waals surface area contributed by atoms with E-state index in [1.807, 2.05) is 12.1 Å². The molecule has 4 nitrogen and oxygen atoms in total. The van der Waals surface area contributed by atoms with Gasteiger partial charge in [-0.1, -0.05) is 0 Å². The zero-order valence-electron chi connectivity index (χ0n) is 11.4. The molecule has 0 saturated carbocycles. The standard InChI is InChI=1S/C14H18INO3S/c1-20(18,19)9-3-8-16-13-7-6-12(15)10-11(13)4-2-5-14(16)17/h6-7,10H,2-5,8-9H2,1H3. The van der Waals surface area contributed by atoms with Crippen LogP contribution in [0.4, 0.5) is 5.69 Å². The van der Waals surface area contributed by atoms with Gasteiger partial charge in [-0.05, 0) is 65.6 Å². The van der Waals surface area contributed by atoms with Crippen LogP contribution in [-0.2, 0) is 21.1 Å². The number of fused-ring (bicyclic) bond motifs is 1. The summed E-state index contributed by atoms with van der Waals surface area (Å²) < 4.78 is 23.6. The third kappa shape index (κ3) is 4.18. The average Bonchev–Trinajstić information content (AvgIpc) is 2.48. The Morgan fingerprint density at radius 3 is 2.75 bits per heavy atom. The number of halogens is 1. The van der Waals surface area contributed by atoms with Gasteiger partial charge in [0.25, 0.3) is 0 Å². The molecule has 0 unspecified atom stereocenters. The van der Waals surface area contributed by atoms with E-state index in [1.54, 1.807) is 4.90 Å². The molecule has 20 heavy (non-hydrogen) atoms. The highest BCUT2D eigenvalue weighted by molar-refractivity contribution is 14.1. The van der Waals surface area contributed by atoms with Crippen molar-refractivity contribution >= 4 is 44.0 Å². The number of nitrogens with zero attached hydrogens (tertiary/aromatic N) is 1. The van der Waals surface area contributed by atoms with E-state index >= 15 is 0 Å². The minimum atomic E-state index is -2.97. The highest BCUT2D eigenvalue weighted by Crippen LogP contribution is 2.28. The molecule has 1 aromatic carbocycles. The van der Waals surface area contributed by atoms with Crippen LogP contribution in [0, 0.1) is 3.57 Å². The number of benzene rings is 1. The van der Waals surface area contributed by atoms with Crippen molar-refractivity contribution in [2.45, 2.75) is 25.7 Å². The summed E-state index contributed by atoms with van der Waals surface area (Å²) in [5, 5.41) is 0. The number of hydrogen-bond acceptors (Lipinski definition) is 3. The number of rotatable bonds is 4. The Balaban J connectivity index is 2.20. The smallest absolute Gasteiger partial charge is 0.226 e. The Morgan fingerprint density at radius 1 is 1.30 bits per heavy atom. The van der Waals surface area contributed by atoms with Crippen LogP contribution in [0.25, 0.3) is 0 Å². The highest BCUT2D eigenvalue weighted by Gasteiger charge is 2.22. The van der Waals surface area contributed by atoms with E-state index in [1.165, 1.54) is 11.8 Å². The highest BCUT2D eigenvalue weighted by atomic mass is 127. The van der Waals surface area contributed by atoms with Crippen molar-refractivity contribution in [1.82, 2.24) is 0 Å². The van der Waals surface area contributed by atoms with Gasteiger partial charge in [0.05, 0.1) is 5.75 Å². The van der Waals surface area contributed by atoms with E-state index in [4.69, 9.17) is 0 Å².